The molecule has 3 nitrogen and oxygen atoms in total. The molecule has 1 atom stereocenters. The molecule has 3 rings (SSSR count). The van der Waals surface area contributed by atoms with Gasteiger partial charge >= 0.3 is 0 Å². The SMILES string of the molecule is Cc1ccc(C(Br)c2ccc3c(c2)C(=O)NCCO3)cc1. The highest BCUT2D eigenvalue weighted by Gasteiger charge is 2.19. The van der Waals surface area contributed by atoms with Gasteiger partial charge in [0.05, 0.1) is 16.9 Å². The topological polar surface area (TPSA) is 38.3 Å². The maximum atomic E-state index is 12.1. The van der Waals surface area contributed by atoms with Gasteiger partial charge in [-0.05, 0) is 30.2 Å². The largest absolute Gasteiger partial charge is 0.491 e. The summed E-state index contributed by atoms with van der Waals surface area (Å²) in [5, 5.41) is 2.83. The summed E-state index contributed by atoms with van der Waals surface area (Å²) < 4.78 is 5.58. The van der Waals surface area contributed by atoms with Gasteiger partial charge in [0.15, 0.2) is 0 Å². The van der Waals surface area contributed by atoms with E-state index in [1.807, 2.05) is 18.2 Å². The van der Waals surface area contributed by atoms with E-state index in [2.05, 4.69) is 52.4 Å². The Hall–Kier alpha value is -1.81. The lowest BCUT2D eigenvalue weighted by molar-refractivity contribution is 0.0957. The number of rotatable bonds is 2. The summed E-state index contributed by atoms with van der Waals surface area (Å²) in [5.74, 6) is 0.574. The van der Waals surface area contributed by atoms with Gasteiger partial charge in [-0.2, -0.15) is 0 Å². The zero-order chi connectivity index (χ0) is 14.8. The second-order valence-corrected chi connectivity index (χ2v) is 6.05. The van der Waals surface area contributed by atoms with Gasteiger partial charge in [0, 0.05) is 0 Å². The van der Waals surface area contributed by atoms with E-state index in [0.29, 0.717) is 24.5 Å². The highest BCUT2D eigenvalue weighted by molar-refractivity contribution is 9.09. The summed E-state index contributed by atoms with van der Waals surface area (Å²) >= 11 is 3.71. The third kappa shape index (κ3) is 2.95. The number of hydrogen-bond acceptors (Lipinski definition) is 2. The number of alkyl halides is 1. The van der Waals surface area contributed by atoms with Crippen LogP contribution in [0.1, 0.15) is 31.9 Å². The third-order valence-corrected chi connectivity index (χ3v) is 4.61. The molecule has 1 N–H and O–H groups in total. The van der Waals surface area contributed by atoms with E-state index < -0.39 is 0 Å². The van der Waals surface area contributed by atoms with Gasteiger partial charge in [-0.3, -0.25) is 4.79 Å². The fourth-order valence-corrected chi connectivity index (χ4v) is 2.95. The minimum Gasteiger partial charge on any atom is -0.491 e. The summed E-state index contributed by atoms with van der Waals surface area (Å²) in [7, 11) is 0. The Kier molecular flexibility index (Phi) is 3.97. The minimum atomic E-state index is -0.0760. The molecule has 0 saturated heterocycles. The number of amides is 1. The Bertz CT molecular complexity index is 667. The zero-order valence-electron chi connectivity index (χ0n) is 11.7. The number of nitrogens with one attached hydrogen (secondary N) is 1. The molecule has 108 valence electrons. The molecule has 1 amide bonds. The molecule has 0 aromatic heterocycles. The smallest absolute Gasteiger partial charge is 0.255 e. The molecular formula is C17H16BrNO2. The van der Waals surface area contributed by atoms with Crippen LogP contribution < -0.4 is 10.1 Å². The number of fused-ring (bicyclic) bond motifs is 1. The first-order chi connectivity index (χ1) is 10.1. The quantitative estimate of drug-likeness (QED) is 0.844. The Morgan fingerprint density at radius 3 is 2.62 bits per heavy atom. The molecule has 4 heteroatoms. The van der Waals surface area contributed by atoms with Gasteiger partial charge < -0.3 is 10.1 Å². The van der Waals surface area contributed by atoms with E-state index in [4.69, 9.17) is 4.74 Å². The number of aryl methyl sites for hydroxylation is 1. The highest BCUT2D eigenvalue weighted by atomic mass is 79.9. The number of ether oxygens (including phenoxy) is 1. The van der Waals surface area contributed by atoms with Crippen molar-refractivity contribution in [2.24, 2.45) is 0 Å². The van der Waals surface area contributed by atoms with Crippen LogP contribution in [0.15, 0.2) is 42.5 Å². The molecule has 1 heterocycles. The second-order valence-electron chi connectivity index (χ2n) is 5.13. The van der Waals surface area contributed by atoms with E-state index in [1.165, 1.54) is 5.56 Å². The number of carbonyl (C=O) groups is 1. The maximum Gasteiger partial charge on any atom is 0.255 e. The lowest BCUT2D eigenvalue weighted by atomic mass is 10.0. The summed E-state index contributed by atoms with van der Waals surface area (Å²) in [5.41, 5.74) is 4.03. The molecule has 21 heavy (non-hydrogen) atoms. The lowest BCUT2D eigenvalue weighted by Crippen LogP contribution is -2.24. The zero-order valence-corrected chi connectivity index (χ0v) is 13.3. The molecule has 1 aliphatic rings. The van der Waals surface area contributed by atoms with E-state index in [-0.39, 0.29) is 10.7 Å². The first-order valence-corrected chi connectivity index (χ1v) is 7.82. The van der Waals surface area contributed by atoms with Gasteiger partial charge in [-0.1, -0.05) is 51.8 Å². The van der Waals surface area contributed by atoms with Gasteiger partial charge in [-0.25, -0.2) is 0 Å². The van der Waals surface area contributed by atoms with Crippen LogP contribution >= 0.6 is 15.9 Å². The summed E-state index contributed by atoms with van der Waals surface area (Å²) in [6.45, 7) is 3.11. The van der Waals surface area contributed by atoms with Gasteiger partial charge in [0.25, 0.3) is 5.91 Å². The molecule has 1 unspecified atom stereocenters. The third-order valence-electron chi connectivity index (χ3n) is 3.56. The van der Waals surface area contributed by atoms with Crippen molar-refractivity contribution in [3.63, 3.8) is 0 Å². The van der Waals surface area contributed by atoms with Crippen LogP contribution in [0.4, 0.5) is 0 Å². The van der Waals surface area contributed by atoms with Crippen molar-refractivity contribution < 1.29 is 9.53 Å². The van der Waals surface area contributed by atoms with Gasteiger partial charge in [0.2, 0.25) is 0 Å². The average Bonchev–Trinajstić information content (AvgIpc) is 2.69. The van der Waals surface area contributed by atoms with E-state index >= 15 is 0 Å². The average molecular weight is 346 g/mol. The predicted molar refractivity (Wildman–Crippen MR) is 86.2 cm³/mol. The van der Waals surface area contributed by atoms with Crippen molar-refractivity contribution in [2.75, 3.05) is 13.2 Å². The van der Waals surface area contributed by atoms with Crippen LogP contribution in [0.2, 0.25) is 0 Å². The molecule has 0 fully saturated rings. The van der Waals surface area contributed by atoms with Crippen LogP contribution in [0, 0.1) is 6.92 Å². The normalized spacial score (nSPS) is 15.4. The van der Waals surface area contributed by atoms with Crippen molar-refractivity contribution in [1.82, 2.24) is 5.32 Å². The van der Waals surface area contributed by atoms with Crippen molar-refractivity contribution in [1.29, 1.82) is 0 Å². The summed E-state index contributed by atoms with van der Waals surface area (Å²) in [6, 6.07) is 14.1. The van der Waals surface area contributed by atoms with E-state index in [0.717, 1.165) is 11.1 Å². The monoisotopic (exact) mass is 345 g/mol. The molecule has 2 aromatic carbocycles. The number of hydrogen-bond donors (Lipinski definition) is 1. The van der Waals surface area contributed by atoms with Crippen molar-refractivity contribution in [3.05, 3.63) is 64.7 Å². The van der Waals surface area contributed by atoms with Crippen molar-refractivity contribution in [2.45, 2.75) is 11.8 Å². The number of halogens is 1. The molecule has 0 aliphatic carbocycles. The molecule has 0 spiro atoms. The van der Waals surface area contributed by atoms with Gasteiger partial charge in [0.1, 0.15) is 12.4 Å². The van der Waals surface area contributed by atoms with Gasteiger partial charge in [-0.15, -0.1) is 0 Å². The predicted octanol–water partition coefficient (Wildman–Crippen LogP) is 3.60. The highest BCUT2D eigenvalue weighted by Crippen LogP contribution is 2.33. The molecule has 0 saturated carbocycles. The lowest BCUT2D eigenvalue weighted by Gasteiger charge is -2.13. The molecule has 2 aromatic rings. The number of benzene rings is 2. The van der Waals surface area contributed by atoms with Crippen LogP contribution in [-0.2, 0) is 0 Å². The first-order valence-electron chi connectivity index (χ1n) is 6.91. The van der Waals surface area contributed by atoms with Crippen LogP contribution in [-0.4, -0.2) is 19.1 Å². The Morgan fingerprint density at radius 1 is 1.14 bits per heavy atom. The molecule has 0 radical (unpaired) electrons. The Morgan fingerprint density at radius 2 is 1.86 bits per heavy atom. The maximum absolute atomic E-state index is 12.1. The molecule has 1 aliphatic heterocycles. The van der Waals surface area contributed by atoms with Crippen LogP contribution in [0.3, 0.4) is 0 Å². The number of carbonyl (C=O) groups excluding carboxylic acids is 1. The van der Waals surface area contributed by atoms with Crippen LogP contribution in [0.5, 0.6) is 5.75 Å². The molecule has 0 bridgehead atoms. The van der Waals surface area contributed by atoms with Crippen molar-refractivity contribution in [3.8, 4) is 5.75 Å². The van der Waals surface area contributed by atoms with Crippen LogP contribution in [0.25, 0.3) is 0 Å². The van der Waals surface area contributed by atoms with E-state index in [1.54, 1.807) is 0 Å². The van der Waals surface area contributed by atoms with Crippen molar-refractivity contribution >= 4 is 21.8 Å². The molecular weight excluding hydrogens is 330 g/mol. The fourth-order valence-electron chi connectivity index (χ4n) is 2.36. The first kappa shape index (κ1) is 14.1. The Balaban J connectivity index is 1.96. The standard InChI is InChI=1S/C17H16BrNO2/c1-11-2-4-12(5-3-11)16(18)13-6-7-15-14(10-13)17(20)19-8-9-21-15/h2-7,10,16H,8-9H2,1H3,(H,19,20). The second kappa shape index (κ2) is 5.90. The summed E-state index contributed by atoms with van der Waals surface area (Å²) in [6.07, 6.45) is 0. The fraction of sp³-hybridized carbons (Fsp3) is 0.235. The van der Waals surface area contributed by atoms with E-state index in [9.17, 15) is 4.79 Å². The Labute approximate surface area is 132 Å². The summed E-state index contributed by atoms with van der Waals surface area (Å²) in [4.78, 5) is 12.1. The minimum absolute atomic E-state index is 0.0550.